The number of carbonyl (C=O) groups is 1. The summed E-state index contributed by atoms with van der Waals surface area (Å²) in [7, 11) is 0. The standard InChI is InChI=1S/C15H22N2O2/c1-2-19-14-6-4-3-5-13(14)15(18)17-9-7-12(11-16)8-10-17/h3-6,12H,2,7-11,16H2,1H3. The molecule has 1 aliphatic rings. The van der Waals surface area contributed by atoms with Gasteiger partial charge in [-0.25, -0.2) is 0 Å². The van der Waals surface area contributed by atoms with Gasteiger partial charge in [0.1, 0.15) is 5.75 Å². The van der Waals surface area contributed by atoms with Crippen molar-refractivity contribution < 1.29 is 9.53 Å². The van der Waals surface area contributed by atoms with Crippen LogP contribution in [-0.2, 0) is 0 Å². The number of para-hydroxylation sites is 1. The summed E-state index contributed by atoms with van der Waals surface area (Å²) in [4.78, 5) is 14.4. The maximum atomic E-state index is 12.5. The second-order valence-electron chi connectivity index (χ2n) is 4.90. The number of nitrogens with zero attached hydrogens (tertiary/aromatic N) is 1. The average Bonchev–Trinajstić information content (AvgIpc) is 2.47. The monoisotopic (exact) mass is 262 g/mol. The molecule has 1 amide bonds. The SMILES string of the molecule is CCOc1ccccc1C(=O)N1CCC(CN)CC1. The highest BCUT2D eigenvalue weighted by atomic mass is 16.5. The number of amides is 1. The van der Waals surface area contributed by atoms with Crippen LogP contribution in [-0.4, -0.2) is 37.0 Å². The number of ether oxygens (including phenoxy) is 1. The van der Waals surface area contributed by atoms with Crippen molar-refractivity contribution in [3.8, 4) is 5.75 Å². The van der Waals surface area contributed by atoms with Crippen LogP contribution in [0.3, 0.4) is 0 Å². The molecule has 1 saturated heterocycles. The summed E-state index contributed by atoms with van der Waals surface area (Å²) < 4.78 is 5.52. The summed E-state index contributed by atoms with van der Waals surface area (Å²) in [5, 5.41) is 0. The van der Waals surface area contributed by atoms with E-state index >= 15 is 0 Å². The van der Waals surface area contributed by atoms with E-state index < -0.39 is 0 Å². The largest absolute Gasteiger partial charge is 0.493 e. The van der Waals surface area contributed by atoms with Crippen LogP contribution in [0.2, 0.25) is 0 Å². The van der Waals surface area contributed by atoms with Gasteiger partial charge in [-0.3, -0.25) is 4.79 Å². The molecule has 0 spiro atoms. The fourth-order valence-corrected chi connectivity index (χ4v) is 2.47. The van der Waals surface area contributed by atoms with E-state index in [0.717, 1.165) is 32.5 Å². The number of likely N-dealkylation sites (tertiary alicyclic amines) is 1. The second-order valence-corrected chi connectivity index (χ2v) is 4.90. The van der Waals surface area contributed by atoms with Gasteiger partial charge in [-0.15, -0.1) is 0 Å². The lowest BCUT2D eigenvalue weighted by molar-refractivity contribution is 0.0689. The molecular formula is C15H22N2O2. The molecule has 1 aromatic rings. The first-order chi connectivity index (χ1) is 9.26. The minimum atomic E-state index is 0.0690. The number of rotatable bonds is 4. The molecule has 0 radical (unpaired) electrons. The van der Waals surface area contributed by atoms with Gasteiger partial charge in [0.15, 0.2) is 0 Å². The maximum Gasteiger partial charge on any atom is 0.257 e. The Morgan fingerprint density at radius 3 is 2.68 bits per heavy atom. The predicted molar refractivity (Wildman–Crippen MR) is 75.3 cm³/mol. The molecule has 1 fully saturated rings. The quantitative estimate of drug-likeness (QED) is 0.901. The summed E-state index contributed by atoms with van der Waals surface area (Å²) in [6.07, 6.45) is 2.00. The van der Waals surface area contributed by atoms with Gasteiger partial charge in [-0.2, -0.15) is 0 Å². The van der Waals surface area contributed by atoms with Crippen LogP contribution in [0.25, 0.3) is 0 Å². The van der Waals surface area contributed by atoms with Crippen molar-refractivity contribution in [1.82, 2.24) is 4.90 Å². The Balaban J connectivity index is 2.07. The summed E-state index contributed by atoms with van der Waals surface area (Å²) in [6, 6.07) is 7.45. The van der Waals surface area contributed by atoms with Crippen molar-refractivity contribution in [1.29, 1.82) is 0 Å². The Hall–Kier alpha value is -1.55. The van der Waals surface area contributed by atoms with Crippen molar-refractivity contribution in [2.24, 2.45) is 11.7 Å². The van der Waals surface area contributed by atoms with E-state index in [1.165, 1.54) is 0 Å². The lowest BCUT2D eigenvalue weighted by atomic mass is 9.96. The summed E-state index contributed by atoms with van der Waals surface area (Å²) in [6.45, 7) is 4.80. The number of carbonyl (C=O) groups excluding carboxylic acids is 1. The molecule has 0 unspecified atom stereocenters. The van der Waals surface area contributed by atoms with Crippen LogP contribution in [0.4, 0.5) is 0 Å². The minimum Gasteiger partial charge on any atom is -0.493 e. The van der Waals surface area contributed by atoms with Crippen LogP contribution in [0.15, 0.2) is 24.3 Å². The molecule has 0 aliphatic carbocycles. The predicted octanol–water partition coefficient (Wildman–Crippen LogP) is 1.90. The zero-order valence-electron chi connectivity index (χ0n) is 11.5. The van der Waals surface area contributed by atoms with Gasteiger partial charge in [0.2, 0.25) is 0 Å². The molecule has 1 aliphatic heterocycles. The van der Waals surface area contributed by atoms with E-state index in [0.29, 0.717) is 23.8 Å². The van der Waals surface area contributed by atoms with Crippen molar-refractivity contribution in [3.63, 3.8) is 0 Å². The molecule has 0 saturated carbocycles. The molecule has 0 atom stereocenters. The zero-order valence-corrected chi connectivity index (χ0v) is 11.5. The maximum absolute atomic E-state index is 12.5. The zero-order chi connectivity index (χ0) is 13.7. The Kier molecular flexibility index (Phi) is 4.80. The van der Waals surface area contributed by atoms with Crippen LogP contribution >= 0.6 is 0 Å². The summed E-state index contributed by atoms with van der Waals surface area (Å²) in [5.41, 5.74) is 6.34. The fourth-order valence-electron chi connectivity index (χ4n) is 2.47. The van der Waals surface area contributed by atoms with E-state index in [1.807, 2.05) is 36.1 Å². The number of piperidine rings is 1. The molecule has 1 aromatic carbocycles. The van der Waals surface area contributed by atoms with Crippen LogP contribution in [0.1, 0.15) is 30.1 Å². The highest BCUT2D eigenvalue weighted by Crippen LogP contribution is 2.23. The molecule has 4 heteroatoms. The third kappa shape index (κ3) is 3.26. The van der Waals surface area contributed by atoms with Crippen molar-refractivity contribution in [2.75, 3.05) is 26.2 Å². The van der Waals surface area contributed by atoms with E-state index in [1.54, 1.807) is 0 Å². The third-order valence-corrected chi connectivity index (χ3v) is 3.65. The molecule has 19 heavy (non-hydrogen) atoms. The average molecular weight is 262 g/mol. The van der Waals surface area contributed by atoms with E-state index in [9.17, 15) is 4.79 Å². The minimum absolute atomic E-state index is 0.0690. The molecule has 4 nitrogen and oxygen atoms in total. The van der Waals surface area contributed by atoms with Gasteiger partial charge in [0.05, 0.1) is 12.2 Å². The van der Waals surface area contributed by atoms with Crippen molar-refractivity contribution in [3.05, 3.63) is 29.8 Å². The molecule has 0 aromatic heterocycles. The lowest BCUT2D eigenvalue weighted by Crippen LogP contribution is -2.40. The van der Waals surface area contributed by atoms with E-state index in [2.05, 4.69) is 0 Å². The Morgan fingerprint density at radius 2 is 2.05 bits per heavy atom. The van der Waals surface area contributed by atoms with Gasteiger partial charge < -0.3 is 15.4 Å². The molecule has 2 rings (SSSR count). The Bertz CT molecular complexity index is 426. The molecule has 0 bridgehead atoms. The lowest BCUT2D eigenvalue weighted by Gasteiger charge is -2.31. The summed E-state index contributed by atoms with van der Waals surface area (Å²) >= 11 is 0. The first kappa shape index (κ1) is 13.9. The molecule has 1 heterocycles. The normalized spacial score (nSPS) is 16.4. The number of hydrogen-bond donors (Lipinski definition) is 1. The van der Waals surface area contributed by atoms with Crippen LogP contribution < -0.4 is 10.5 Å². The molecular weight excluding hydrogens is 240 g/mol. The first-order valence-corrected chi connectivity index (χ1v) is 6.97. The van der Waals surface area contributed by atoms with Gasteiger partial charge >= 0.3 is 0 Å². The molecule has 2 N–H and O–H groups in total. The van der Waals surface area contributed by atoms with E-state index in [-0.39, 0.29) is 5.91 Å². The highest BCUT2D eigenvalue weighted by molar-refractivity contribution is 5.97. The number of nitrogens with two attached hydrogens (primary N) is 1. The van der Waals surface area contributed by atoms with Crippen LogP contribution in [0, 0.1) is 5.92 Å². The van der Waals surface area contributed by atoms with Gasteiger partial charge in [-0.05, 0) is 44.4 Å². The molecule has 104 valence electrons. The highest BCUT2D eigenvalue weighted by Gasteiger charge is 2.24. The Labute approximate surface area is 114 Å². The van der Waals surface area contributed by atoms with Crippen molar-refractivity contribution in [2.45, 2.75) is 19.8 Å². The second kappa shape index (κ2) is 6.57. The van der Waals surface area contributed by atoms with Gasteiger partial charge in [0, 0.05) is 13.1 Å². The van der Waals surface area contributed by atoms with Crippen molar-refractivity contribution >= 4 is 5.91 Å². The first-order valence-electron chi connectivity index (χ1n) is 6.97. The fraction of sp³-hybridized carbons (Fsp3) is 0.533. The van der Waals surface area contributed by atoms with E-state index in [4.69, 9.17) is 10.5 Å². The Morgan fingerprint density at radius 1 is 1.37 bits per heavy atom. The smallest absolute Gasteiger partial charge is 0.257 e. The van der Waals surface area contributed by atoms with Gasteiger partial charge in [0.25, 0.3) is 5.91 Å². The van der Waals surface area contributed by atoms with Gasteiger partial charge in [-0.1, -0.05) is 12.1 Å². The third-order valence-electron chi connectivity index (χ3n) is 3.65. The number of benzene rings is 1. The topological polar surface area (TPSA) is 55.6 Å². The summed E-state index contributed by atoms with van der Waals surface area (Å²) in [5.74, 6) is 1.31. The van der Waals surface area contributed by atoms with Crippen LogP contribution in [0.5, 0.6) is 5.75 Å². The number of hydrogen-bond acceptors (Lipinski definition) is 3.